The summed E-state index contributed by atoms with van der Waals surface area (Å²) in [6, 6.07) is 0. The Morgan fingerprint density at radius 2 is 2.17 bits per heavy atom. The predicted octanol–water partition coefficient (Wildman–Crippen LogP) is -2.72. The molecule has 14 heteroatoms. The highest BCUT2D eigenvalue weighted by atomic mass is 31.2. The minimum absolute atomic E-state index is 0.176. The second kappa shape index (κ2) is 6.94. The average Bonchev–Trinajstić information content (AvgIpc) is 3.00. The second-order valence-corrected chi connectivity index (χ2v) is 6.05. The highest BCUT2D eigenvalue weighted by molar-refractivity contribution is 7.46. The van der Waals surface area contributed by atoms with Gasteiger partial charge in [0.1, 0.15) is 24.1 Å². The van der Waals surface area contributed by atoms with Crippen molar-refractivity contribution >= 4 is 26.0 Å². The van der Waals surface area contributed by atoms with Crippen LogP contribution in [0.3, 0.4) is 0 Å². The number of rotatable bonds is 7. The number of nitrogens with two attached hydrogens (primary N) is 1. The first-order chi connectivity index (χ1) is 11.2. The van der Waals surface area contributed by atoms with E-state index in [1.807, 2.05) is 0 Å². The van der Waals surface area contributed by atoms with E-state index in [1.165, 1.54) is 0 Å². The van der Waals surface area contributed by atoms with E-state index < -0.39 is 44.9 Å². The molecule has 134 valence electrons. The van der Waals surface area contributed by atoms with Gasteiger partial charge in [-0.05, 0) is 0 Å². The molecule has 2 heterocycles. The molecule has 1 unspecified atom stereocenters. The Morgan fingerprint density at radius 1 is 1.50 bits per heavy atom. The normalized spacial score (nSPS) is 27.2. The molecule has 1 aliphatic rings. The first-order valence-corrected chi connectivity index (χ1v) is 7.97. The lowest BCUT2D eigenvalue weighted by atomic mass is 10.1. The molecule has 0 bridgehead atoms. The van der Waals surface area contributed by atoms with Crippen molar-refractivity contribution in [2.75, 3.05) is 11.9 Å². The van der Waals surface area contributed by atoms with Gasteiger partial charge >= 0.3 is 7.82 Å². The zero-order chi connectivity index (χ0) is 18.1. The topological polar surface area (TPSA) is 206 Å². The number of ether oxygens (including phenoxy) is 1. The standard InChI is InChI=1S/C10H15N4O9P/c11-8(18)5-9(13-3-15)14(2-12-5)10-7(17)6(16)4(23-10)1-22-24(19,20)21/h2-4,6-7,10,16-17H,1H2,(H2,11,18)(H,13,15)(H2,19,20,21)/t4-,6-,7-,10?/m1/s1. The molecule has 0 aliphatic carbocycles. The van der Waals surface area contributed by atoms with Crippen LogP contribution in [-0.2, 0) is 18.6 Å². The third kappa shape index (κ3) is 3.79. The predicted molar refractivity (Wildman–Crippen MR) is 74.4 cm³/mol. The van der Waals surface area contributed by atoms with E-state index in [4.69, 9.17) is 20.3 Å². The van der Waals surface area contributed by atoms with E-state index in [2.05, 4.69) is 14.8 Å². The molecular weight excluding hydrogens is 351 g/mol. The van der Waals surface area contributed by atoms with Crippen molar-refractivity contribution in [2.45, 2.75) is 24.5 Å². The summed E-state index contributed by atoms with van der Waals surface area (Å²) in [6.07, 6.45) is -4.41. The number of phosphoric ester groups is 1. The number of aliphatic hydroxyl groups excluding tert-OH is 2. The lowest BCUT2D eigenvalue weighted by Crippen LogP contribution is -2.33. The molecule has 0 spiro atoms. The van der Waals surface area contributed by atoms with Crippen LogP contribution in [0.1, 0.15) is 16.7 Å². The molecule has 1 saturated heterocycles. The number of primary amides is 1. The van der Waals surface area contributed by atoms with Crippen molar-refractivity contribution in [2.24, 2.45) is 5.73 Å². The van der Waals surface area contributed by atoms with Crippen molar-refractivity contribution in [3.63, 3.8) is 0 Å². The largest absolute Gasteiger partial charge is 0.469 e. The van der Waals surface area contributed by atoms with Crippen molar-refractivity contribution in [3.05, 3.63) is 12.0 Å². The molecule has 24 heavy (non-hydrogen) atoms. The van der Waals surface area contributed by atoms with Crippen LogP contribution in [0.15, 0.2) is 6.33 Å². The maximum Gasteiger partial charge on any atom is 0.469 e. The Balaban J connectivity index is 2.25. The van der Waals surface area contributed by atoms with Gasteiger partial charge in [-0.25, -0.2) is 9.55 Å². The first-order valence-electron chi connectivity index (χ1n) is 6.44. The number of nitrogens with zero attached hydrogens (tertiary/aromatic N) is 2. The average molecular weight is 366 g/mol. The Kier molecular flexibility index (Phi) is 5.35. The monoisotopic (exact) mass is 366 g/mol. The molecule has 2 amide bonds. The summed E-state index contributed by atoms with van der Waals surface area (Å²) in [6.45, 7) is -0.702. The number of carbonyl (C=O) groups is 2. The minimum atomic E-state index is -4.80. The Bertz CT molecular complexity index is 673. The van der Waals surface area contributed by atoms with Gasteiger partial charge in [-0.3, -0.25) is 18.7 Å². The fourth-order valence-corrected chi connectivity index (χ4v) is 2.54. The van der Waals surface area contributed by atoms with Crippen molar-refractivity contribution in [1.82, 2.24) is 9.55 Å². The molecule has 1 aliphatic heterocycles. The van der Waals surface area contributed by atoms with Gasteiger partial charge in [-0.15, -0.1) is 0 Å². The van der Waals surface area contributed by atoms with E-state index in [-0.39, 0.29) is 17.9 Å². The van der Waals surface area contributed by atoms with Gasteiger partial charge < -0.3 is 35.8 Å². The fraction of sp³-hybridized carbons (Fsp3) is 0.500. The molecule has 4 atom stereocenters. The number of phosphoric acid groups is 1. The fourth-order valence-electron chi connectivity index (χ4n) is 2.20. The van der Waals surface area contributed by atoms with Crippen LogP contribution >= 0.6 is 7.82 Å². The zero-order valence-electron chi connectivity index (χ0n) is 11.9. The first kappa shape index (κ1) is 18.5. The zero-order valence-corrected chi connectivity index (χ0v) is 12.8. The number of amides is 2. The van der Waals surface area contributed by atoms with Gasteiger partial charge in [0, 0.05) is 0 Å². The SMILES string of the molecule is NC(=O)c1ncn(C2O[C@H](COP(=O)(O)O)[C@@H](O)[C@H]2O)c1NC=O. The quantitative estimate of drug-likeness (QED) is 0.217. The highest BCUT2D eigenvalue weighted by Gasteiger charge is 2.45. The van der Waals surface area contributed by atoms with Crippen LogP contribution in [0.5, 0.6) is 0 Å². The minimum Gasteiger partial charge on any atom is -0.387 e. The van der Waals surface area contributed by atoms with Crippen LogP contribution in [0.4, 0.5) is 5.82 Å². The van der Waals surface area contributed by atoms with Gasteiger partial charge in [-0.2, -0.15) is 0 Å². The Labute approximate surface area is 134 Å². The van der Waals surface area contributed by atoms with Crippen molar-refractivity contribution < 1.29 is 43.4 Å². The van der Waals surface area contributed by atoms with E-state index in [0.717, 1.165) is 10.9 Å². The van der Waals surface area contributed by atoms with Gasteiger partial charge in [0.2, 0.25) is 6.41 Å². The summed E-state index contributed by atoms with van der Waals surface area (Å²) < 4.78 is 21.3. The molecular formula is C10H15N4O9P. The van der Waals surface area contributed by atoms with Crippen molar-refractivity contribution in [3.8, 4) is 0 Å². The number of anilines is 1. The van der Waals surface area contributed by atoms with Crippen LogP contribution in [0.25, 0.3) is 0 Å². The summed E-state index contributed by atoms with van der Waals surface area (Å²) in [5.74, 6) is -1.13. The number of carbonyl (C=O) groups excluding carboxylic acids is 2. The van der Waals surface area contributed by atoms with Crippen molar-refractivity contribution in [1.29, 1.82) is 0 Å². The molecule has 0 aromatic carbocycles. The number of aliphatic hydroxyl groups is 2. The van der Waals surface area contributed by atoms with Crippen LogP contribution in [0.2, 0.25) is 0 Å². The van der Waals surface area contributed by atoms with Gasteiger partial charge in [0.25, 0.3) is 5.91 Å². The molecule has 1 fully saturated rings. The molecule has 2 rings (SSSR count). The summed E-state index contributed by atoms with van der Waals surface area (Å²) in [7, 11) is -4.80. The van der Waals surface area contributed by atoms with Gasteiger partial charge in [0.05, 0.1) is 12.9 Å². The Morgan fingerprint density at radius 3 is 2.71 bits per heavy atom. The van der Waals surface area contributed by atoms with E-state index in [9.17, 15) is 24.4 Å². The second-order valence-electron chi connectivity index (χ2n) is 4.81. The summed E-state index contributed by atoms with van der Waals surface area (Å²) in [4.78, 5) is 43.0. The lowest BCUT2D eigenvalue weighted by molar-refractivity contribution is -0.105. The summed E-state index contributed by atoms with van der Waals surface area (Å²) in [5, 5.41) is 22.1. The Hall–Kier alpha value is -1.86. The lowest BCUT2D eigenvalue weighted by Gasteiger charge is -2.18. The number of hydrogen-bond donors (Lipinski definition) is 6. The molecule has 0 radical (unpaired) electrons. The van der Waals surface area contributed by atoms with Crippen LogP contribution < -0.4 is 11.1 Å². The summed E-state index contributed by atoms with van der Waals surface area (Å²) in [5.41, 5.74) is 4.81. The number of nitrogens with one attached hydrogen (secondary N) is 1. The number of hydrogen-bond acceptors (Lipinski definition) is 8. The maximum absolute atomic E-state index is 11.3. The molecule has 1 aromatic rings. The van der Waals surface area contributed by atoms with Crippen LogP contribution in [-0.4, -0.2) is 66.8 Å². The summed E-state index contributed by atoms with van der Waals surface area (Å²) >= 11 is 0. The van der Waals surface area contributed by atoms with E-state index in [1.54, 1.807) is 0 Å². The highest BCUT2D eigenvalue weighted by Crippen LogP contribution is 2.39. The molecule has 7 N–H and O–H groups in total. The smallest absolute Gasteiger partial charge is 0.387 e. The molecule has 0 saturated carbocycles. The maximum atomic E-state index is 11.3. The van der Waals surface area contributed by atoms with Gasteiger partial charge in [0.15, 0.2) is 11.9 Å². The molecule has 1 aromatic heterocycles. The van der Waals surface area contributed by atoms with E-state index >= 15 is 0 Å². The number of imidazole rings is 1. The number of aromatic nitrogens is 2. The van der Waals surface area contributed by atoms with Crippen LogP contribution in [0, 0.1) is 0 Å². The third-order valence-corrected chi connectivity index (χ3v) is 3.73. The van der Waals surface area contributed by atoms with E-state index in [0.29, 0.717) is 0 Å². The molecule has 13 nitrogen and oxygen atoms in total. The van der Waals surface area contributed by atoms with Gasteiger partial charge in [-0.1, -0.05) is 0 Å². The third-order valence-electron chi connectivity index (χ3n) is 3.24.